The summed E-state index contributed by atoms with van der Waals surface area (Å²) in [5, 5.41) is 3.28. The number of esters is 1. The Morgan fingerprint density at radius 1 is 1.33 bits per heavy atom. The average Bonchev–Trinajstić information content (AvgIpc) is 2.97. The number of nitrogens with one attached hydrogen (secondary N) is 1. The Labute approximate surface area is 107 Å². The molecule has 0 aliphatic rings. The molecule has 0 fully saturated rings. The van der Waals surface area contributed by atoms with E-state index in [2.05, 4.69) is 10.1 Å². The third-order valence-corrected chi connectivity index (χ3v) is 3.31. The van der Waals surface area contributed by atoms with Gasteiger partial charge in [-0.05, 0) is 25.1 Å². The van der Waals surface area contributed by atoms with Crippen molar-refractivity contribution in [2.75, 3.05) is 12.4 Å². The highest BCUT2D eigenvalue weighted by molar-refractivity contribution is 7.18. The van der Waals surface area contributed by atoms with Crippen LogP contribution >= 0.6 is 11.3 Å². The van der Waals surface area contributed by atoms with Crippen LogP contribution in [0.5, 0.6) is 0 Å². The summed E-state index contributed by atoms with van der Waals surface area (Å²) < 4.78 is 9.64. The van der Waals surface area contributed by atoms with Crippen LogP contribution in [0.25, 0.3) is 0 Å². The molecular weight excluding hydrogens is 254 g/mol. The Morgan fingerprint density at radius 2 is 2.11 bits per heavy atom. The Balaban J connectivity index is 2.11. The summed E-state index contributed by atoms with van der Waals surface area (Å²) in [6, 6.07) is 4.86. The van der Waals surface area contributed by atoms with Crippen LogP contribution in [0.4, 0.5) is 5.00 Å². The van der Waals surface area contributed by atoms with Gasteiger partial charge in [-0.2, -0.15) is 0 Å². The van der Waals surface area contributed by atoms with Crippen LogP contribution in [0.3, 0.4) is 0 Å². The molecule has 0 aliphatic heterocycles. The summed E-state index contributed by atoms with van der Waals surface area (Å²) in [5.74, 6) is -0.128. The van der Waals surface area contributed by atoms with Gasteiger partial charge in [0, 0.05) is 0 Å². The van der Waals surface area contributed by atoms with E-state index in [9.17, 15) is 9.59 Å². The van der Waals surface area contributed by atoms with E-state index >= 15 is 0 Å². The van der Waals surface area contributed by atoms with Crippen molar-refractivity contribution in [3.05, 3.63) is 40.7 Å². The number of ether oxygens (including phenoxy) is 1. The van der Waals surface area contributed by atoms with Crippen molar-refractivity contribution in [3.63, 3.8) is 0 Å². The molecule has 2 heterocycles. The normalized spacial score (nSPS) is 10.1. The lowest BCUT2D eigenvalue weighted by Crippen LogP contribution is -2.10. The van der Waals surface area contributed by atoms with Crippen molar-refractivity contribution in [3.8, 4) is 0 Å². The van der Waals surface area contributed by atoms with Crippen LogP contribution in [0.1, 0.15) is 25.8 Å². The third kappa shape index (κ3) is 2.43. The molecule has 2 aromatic heterocycles. The highest BCUT2D eigenvalue weighted by Crippen LogP contribution is 2.23. The first kappa shape index (κ1) is 12.4. The molecule has 0 unspecified atom stereocenters. The number of amides is 1. The predicted octanol–water partition coefficient (Wildman–Crippen LogP) is 2.69. The number of hydrogen-bond donors (Lipinski definition) is 1. The maximum Gasteiger partial charge on any atom is 0.348 e. The zero-order valence-corrected chi connectivity index (χ0v) is 10.7. The quantitative estimate of drug-likeness (QED) is 0.866. The molecular formula is C12H11NO4S. The number of anilines is 1. The fraction of sp³-hybridized carbons (Fsp3) is 0.167. The Kier molecular flexibility index (Phi) is 3.47. The first-order valence-electron chi connectivity index (χ1n) is 5.15. The summed E-state index contributed by atoms with van der Waals surface area (Å²) in [4.78, 5) is 23.6. The van der Waals surface area contributed by atoms with Crippen molar-refractivity contribution in [2.24, 2.45) is 0 Å². The number of thiophene rings is 1. The third-order valence-electron chi connectivity index (χ3n) is 2.33. The molecule has 6 heteroatoms. The second kappa shape index (κ2) is 5.05. The Morgan fingerprint density at radius 3 is 2.72 bits per heavy atom. The van der Waals surface area contributed by atoms with E-state index in [1.54, 1.807) is 25.1 Å². The Bertz CT molecular complexity index is 584. The molecule has 18 heavy (non-hydrogen) atoms. The Hall–Kier alpha value is -2.08. The zero-order valence-electron chi connectivity index (χ0n) is 9.85. The molecule has 1 amide bonds. The first-order chi connectivity index (χ1) is 8.61. The smallest absolute Gasteiger partial charge is 0.348 e. The van der Waals surface area contributed by atoms with Gasteiger partial charge >= 0.3 is 5.97 Å². The monoisotopic (exact) mass is 265 g/mol. The lowest BCUT2D eigenvalue weighted by atomic mass is 10.2. The molecule has 0 bridgehead atoms. The molecule has 0 saturated heterocycles. The van der Waals surface area contributed by atoms with E-state index in [4.69, 9.17) is 4.42 Å². The maximum atomic E-state index is 11.9. The molecule has 0 spiro atoms. The van der Waals surface area contributed by atoms with E-state index in [0.717, 1.165) is 11.3 Å². The predicted molar refractivity (Wildman–Crippen MR) is 67.1 cm³/mol. The second-order valence-corrected chi connectivity index (χ2v) is 4.58. The van der Waals surface area contributed by atoms with E-state index < -0.39 is 5.97 Å². The largest absolute Gasteiger partial charge is 0.469 e. The van der Waals surface area contributed by atoms with Gasteiger partial charge < -0.3 is 14.5 Å². The highest BCUT2D eigenvalue weighted by Gasteiger charge is 2.14. The molecule has 2 rings (SSSR count). The van der Waals surface area contributed by atoms with E-state index in [0.29, 0.717) is 21.2 Å². The van der Waals surface area contributed by atoms with Gasteiger partial charge in [-0.15, -0.1) is 11.3 Å². The van der Waals surface area contributed by atoms with E-state index in [1.165, 1.54) is 13.4 Å². The number of methoxy groups -OCH3 is 1. The van der Waals surface area contributed by atoms with Crippen molar-refractivity contribution < 1.29 is 18.7 Å². The zero-order chi connectivity index (χ0) is 13.1. The molecule has 1 N–H and O–H groups in total. The van der Waals surface area contributed by atoms with Gasteiger partial charge in [0.2, 0.25) is 0 Å². The maximum absolute atomic E-state index is 11.9. The van der Waals surface area contributed by atoms with Gasteiger partial charge in [0.05, 0.1) is 23.9 Å². The minimum atomic E-state index is -0.417. The van der Waals surface area contributed by atoms with Crippen molar-refractivity contribution in [2.45, 2.75) is 6.92 Å². The van der Waals surface area contributed by atoms with Gasteiger partial charge in [0.25, 0.3) is 5.91 Å². The van der Waals surface area contributed by atoms with Crippen molar-refractivity contribution in [1.82, 2.24) is 0 Å². The van der Waals surface area contributed by atoms with Crippen molar-refractivity contribution >= 4 is 28.2 Å². The van der Waals surface area contributed by atoms with Crippen LogP contribution in [0, 0.1) is 6.92 Å². The molecule has 0 aliphatic carbocycles. The lowest BCUT2D eigenvalue weighted by molar-refractivity contribution is 0.0606. The number of carbonyl (C=O) groups is 2. The first-order valence-corrected chi connectivity index (χ1v) is 5.97. The average molecular weight is 265 g/mol. The fourth-order valence-corrected chi connectivity index (χ4v) is 2.23. The minimum Gasteiger partial charge on any atom is -0.469 e. The summed E-state index contributed by atoms with van der Waals surface area (Å²) in [7, 11) is 1.31. The van der Waals surface area contributed by atoms with E-state index in [-0.39, 0.29) is 5.91 Å². The SMILES string of the molecule is COC(=O)c1ccc(NC(=O)c2ccoc2C)s1. The summed E-state index contributed by atoms with van der Waals surface area (Å²) in [6.07, 6.45) is 1.46. The molecule has 2 aromatic rings. The number of hydrogen-bond acceptors (Lipinski definition) is 5. The van der Waals surface area contributed by atoms with Gasteiger partial charge in [-0.3, -0.25) is 4.79 Å². The molecule has 0 atom stereocenters. The molecule has 5 nitrogen and oxygen atoms in total. The van der Waals surface area contributed by atoms with Gasteiger partial charge in [-0.1, -0.05) is 0 Å². The standard InChI is InChI=1S/C12H11NO4S/c1-7-8(5-6-17-7)11(14)13-10-4-3-9(18-10)12(15)16-2/h3-6H,1-2H3,(H,13,14). The number of furan rings is 1. The number of rotatable bonds is 3. The molecule has 94 valence electrons. The second-order valence-electron chi connectivity index (χ2n) is 3.50. The van der Waals surface area contributed by atoms with Crippen LogP contribution in [-0.4, -0.2) is 19.0 Å². The number of carbonyl (C=O) groups excluding carboxylic acids is 2. The van der Waals surface area contributed by atoms with E-state index in [1.807, 2.05) is 0 Å². The van der Waals surface area contributed by atoms with Crippen LogP contribution < -0.4 is 5.32 Å². The number of aryl methyl sites for hydroxylation is 1. The highest BCUT2D eigenvalue weighted by atomic mass is 32.1. The molecule has 0 radical (unpaired) electrons. The van der Waals surface area contributed by atoms with Crippen LogP contribution in [0.2, 0.25) is 0 Å². The minimum absolute atomic E-state index is 0.264. The lowest BCUT2D eigenvalue weighted by Gasteiger charge is -2.00. The van der Waals surface area contributed by atoms with Crippen molar-refractivity contribution in [1.29, 1.82) is 0 Å². The van der Waals surface area contributed by atoms with Crippen LogP contribution in [-0.2, 0) is 4.74 Å². The summed E-state index contributed by atoms with van der Waals surface area (Å²) in [6.45, 7) is 1.71. The van der Waals surface area contributed by atoms with Gasteiger partial charge in [0.1, 0.15) is 10.6 Å². The summed E-state index contributed by atoms with van der Waals surface area (Å²) in [5.41, 5.74) is 0.475. The summed E-state index contributed by atoms with van der Waals surface area (Å²) >= 11 is 1.16. The van der Waals surface area contributed by atoms with Gasteiger partial charge in [0.15, 0.2) is 0 Å². The topological polar surface area (TPSA) is 68.5 Å². The fourth-order valence-electron chi connectivity index (χ4n) is 1.42. The van der Waals surface area contributed by atoms with Gasteiger partial charge in [-0.25, -0.2) is 4.79 Å². The molecule has 0 aromatic carbocycles. The molecule has 0 saturated carbocycles. The van der Waals surface area contributed by atoms with Crippen LogP contribution in [0.15, 0.2) is 28.9 Å².